The number of aromatic nitrogens is 1. The van der Waals surface area contributed by atoms with Gasteiger partial charge < -0.3 is 4.98 Å². The predicted octanol–water partition coefficient (Wildman–Crippen LogP) is 7.97. The Morgan fingerprint density at radius 2 is 1.46 bits per heavy atom. The molecule has 2 aromatic heterocycles. The lowest BCUT2D eigenvalue weighted by molar-refractivity contribution is 1.50. The van der Waals surface area contributed by atoms with E-state index in [1.165, 1.54) is 64.2 Å². The summed E-state index contributed by atoms with van der Waals surface area (Å²) in [6.45, 7) is 4.37. The Labute approximate surface area is 167 Å². The van der Waals surface area contributed by atoms with Crippen LogP contribution >= 0.6 is 11.3 Å². The van der Waals surface area contributed by atoms with Gasteiger partial charge >= 0.3 is 0 Å². The van der Waals surface area contributed by atoms with E-state index in [4.69, 9.17) is 0 Å². The van der Waals surface area contributed by atoms with E-state index in [1.54, 1.807) is 0 Å². The number of aromatic amines is 1. The van der Waals surface area contributed by atoms with Crippen LogP contribution in [0.1, 0.15) is 11.1 Å². The topological polar surface area (TPSA) is 15.8 Å². The van der Waals surface area contributed by atoms with Crippen molar-refractivity contribution in [3.63, 3.8) is 0 Å². The molecule has 0 aliphatic carbocycles. The van der Waals surface area contributed by atoms with Crippen LogP contribution < -0.4 is 0 Å². The van der Waals surface area contributed by atoms with E-state index >= 15 is 0 Å². The number of H-pyrrole nitrogens is 1. The first kappa shape index (κ1) is 15.9. The monoisotopic (exact) mass is 377 g/mol. The molecule has 0 aliphatic heterocycles. The van der Waals surface area contributed by atoms with Gasteiger partial charge in [0.2, 0.25) is 0 Å². The highest BCUT2D eigenvalue weighted by Gasteiger charge is 2.13. The second-order valence-electron chi connectivity index (χ2n) is 7.72. The molecular weight excluding hydrogens is 358 g/mol. The summed E-state index contributed by atoms with van der Waals surface area (Å²) < 4.78 is 2.74. The zero-order valence-electron chi connectivity index (χ0n) is 15.8. The highest BCUT2D eigenvalue weighted by molar-refractivity contribution is 7.26. The number of fused-ring (bicyclic) bond motifs is 6. The van der Waals surface area contributed by atoms with E-state index in [2.05, 4.69) is 91.6 Å². The molecule has 1 nitrogen and oxygen atoms in total. The summed E-state index contributed by atoms with van der Waals surface area (Å²) in [6, 6.07) is 26.8. The summed E-state index contributed by atoms with van der Waals surface area (Å²) in [7, 11) is 0. The van der Waals surface area contributed by atoms with Crippen LogP contribution in [0.3, 0.4) is 0 Å². The van der Waals surface area contributed by atoms with Crippen LogP contribution in [0.4, 0.5) is 0 Å². The van der Waals surface area contributed by atoms with Gasteiger partial charge in [-0.2, -0.15) is 0 Å². The Morgan fingerprint density at radius 3 is 2.39 bits per heavy atom. The van der Waals surface area contributed by atoms with Gasteiger partial charge in [0.15, 0.2) is 0 Å². The third kappa shape index (κ3) is 2.25. The first-order valence-corrected chi connectivity index (χ1v) is 10.4. The number of rotatable bonds is 1. The van der Waals surface area contributed by atoms with Crippen molar-refractivity contribution in [3.8, 4) is 11.1 Å². The van der Waals surface area contributed by atoms with Gasteiger partial charge in [-0.05, 0) is 73.0 Å². The van der Waals surface area contributed by atoms with Crippen LogP contribution in [-0.2, 0) is 0 Å². The van der Waals surface area contributed by atoms with E-state index in [9.17, 15) is 0 Å². The quantitative estimate of drug-likeness (QED) is 0.299. The maximum Gasteiger partial charge on any atom is 0.0465 e. The maximum atomic E-state index is 3.54. The standard InChI is InChI=1S/C26H19NS/c1-15-7-10-25-21(11-15)22-13-16(2)12-19(26(22)28-25)17-8-9-24-20(14-17)18-5-3-4-6-23(18)27-24/h3-14,27H,1-2H3. The van der Waals surface area contributed by atoms with Gasteiger partial charge in [0.25, 0.3) is 0 Å². The Morgan fingerprint density at radius 1 is 0.643 bits per heavy atom. The zero-order valence-corrected chi connectivity index (χ0v) is 16.7. The van der Waals surface area contributed by atoms with Crippen molar-refractivity contribution in [2.45, 2.75) is 13.8 Å². The molecular formula is C26H19NS. The third-order valence-electron chi connectivity index (χ3n) is 5.69. The van der Waals surface area contributed by atoms with Gasteiger partial charge in [0, 0.05) is 42.0 Å². The Hall–Kier alpha value is -3.10. The average Bonchev–Trinajstić information content (AvgIpc) is 3.25. The fraction of sp³-hybridized carbons (Fsp3) is 0.0769. The molecule has 1 N–H and O–H groups in total. The van der Waals surface area contributed by atoms with Gasteiger partial charge in [0.05, 0.1) is 0 Å². The molecule has 0 unspecified atom stereocenters. The van der Waals surface area contributed by atoms with Crippen molar-refractivity contribution in [2.75, 3.05) is 0 Å². The first-order chi connectivity index (χ1) is 13.7. The summed E-state index contributed by atoms with van der Waals surface area (Å²) in [5, 5.41) is 5.32. The number of hydrogen-bond acceptors (Lipinski definition) is 1. The van der Waals surface area contributed by atoms with Crippen molar-refractivity contribution in [2.24, 2.45) is 0 Å². The fourth-order valence-electron chi connectivity index (χ4n) is 4.37. The number of para-hydroxylation sites is 1. The largest absolute Gasteiger partial charge is 0.355 e. The fourth-order valence-corrected chi connectivity index (χ4v) is 5.57. The maximum absolute atomic E-state index is 3.54. The van der Waals surface area contributed by atoms with Gasteiger partial charge in [0.1, 0.15) is 0 Å². The first-order valence-electron chi connectivity index (χ1n) is 9.62. The van der Waals surface area contributed by atoms with Crippen molar-refractivity contribution < 1.29 is 0 Å². The van der Waals surface area contributed by atoms with Crippen molar-refractivity contribution in [1.29, 1.82) is 0 Å². The van der Waals surface area contributed by atoms with Crippen LogP contribution in [0.15, 0.2) is 72.8 Å². The molecule has 0 aliphatic rings. The predicted molar refractivity (Wildman–Crippen MR) is 124 cm³/mol. The van der Waals surface area contributed by atoms with E-state index in [1.807, 2.05) is 11.3 Å². The molecule has 2 heterocycles. The lowest BCUT2D eigenvalue weighted by Gasteiger charge is -2.07. The minimum Gasteiger partial charge on any atom is -0.355 e. The molecule has 0 fully saturated rings. The Balaban J connectivity index is 1.69. The van der Waals surface area contributed by atoms with Gasteiger partial charge in [-0.1, -0.05) is 35.9 Å². The molecule has 2 heteroatoms. The summed E-state index contributed by atoms with van der Waals surface area (Å²) in [5.41, 5.74) is 7.63. The van der Waals surface area contributed by atoms with Crippen molar-refractivity contribution in [3.05, 3.63) is 83.9 Å². The minimum atomic E-state index is 1.20. The molecule has 0 spiro atoms. The molecule has 0 saturated heterocycles. The number of hydrogen-bond donors (Lipinski definition) is 1. The second-order valence-corrected chi connectivity index (χ2v) is 8.77. The molecule has 4 aromatic carbocycles. The van der Waals surface area contributed by atoms with Crippen LogP contribution in [-0.4, -0.2) is 4.98 Å². The normalized spacial score (nSPS) is 11.9. The highest BCUT2D eigenvalue weighted by Crippen LogP contribution is 2.42. The Bertz CT molecular complexity index is 1530. The Kier molecular flexibility index (Phi) is 3.24. The van der Waals surface area contributed by atoms with Crippen LogP contribution in [0.5, 0.6) is 0 Å². The molecule has 0 bridgehead atoms. The SMILES string of the molecule is Cc1ccc2sc3c(-c4ccc5[nH]c6ccccc6c5c4)cc(C)cc3c2c1. The molecule has 6 rings (SSSR count). The van der Waals surface area contributed by atoms with Gasteiger partial charge in [-0.25, -0.2) is 0 Å². The second kappa shape index (κ2) is 5.70. The van der Waals surface area contributed by atoms with Crippen LogP contribution in [0.25, 0.3) is 53.1 Å². The lowest BCUT2D eigenvalue weighted by Crippen LogP contribution is -1.82. The van der Waals surface area contributed by atoms with Crippen LogP contribution in [0, 0.1) is 13.8 Å². The number of aryl methyl sites for hydroxylation is 2. The number of nitrogens with one attached hydrogen (secondary N) is 1. The molecule has 28 heavy (non-hydrogen) atoms. The molecule has 134 valence electrons. The molecule has 0 saturated carbocycles. The van der Waals surface area contributed by atoms with E-state index < -0.39 is 0 Å². The highest BCUT2D eigenvalue weighted by atomic mass is 32.1. The number of thiophene rings is 1. The smallest absolute Gasteiger partial charge is 0.0465 e. The van der Waals surface area contributed by atoms with E-state index in [0.29, 0.717) is 0 Å². The molecule has 0 radical (unpaired) electrons. The molecule has 0 atom stereocenters. The van der Waals surface area contributed by atoms with Gasteiger partial charge in [-0.3, -0.25) is 0 Å². The van der Waals surface area contributed by atoms with Crippen LogP contribution in [0.2, 0.25) is 0 Å². The lowest BCUT2D eigenvalue weighted by atomic mass is 9.98. The minimum absolute atomic E-state index is 1.20. The van der Waals surface area contributed by atoms with Crippen molar-refractivity contribution in [1.82, 2.24) is 4.98 Å². The summed E-state index contributed by atoms with van der Waals surface area (Å²) in [5.74, 6) is 0. The molecule has 6 aromatic rings. The van der Waals surface area contributed by atoms with Crippen molar-refractivity contribution >= 4 is 53.3 Å². The van der Waals surface area contributed by atoms with Gasteiger partial charge in [-0.15, -0.1) is 11.3 Å². The average molecular weight is 378 g/mol. The van der Waals surface area contributed by atoms with E-state index in [-0.39, 0.29) is 0 Å². The summed E-state index contributed by atoms with van der Waals surface area (Å²) >= 11 is 1.90. The number of benzene rings is 4. The zero-order chi connectivity index (χ0) is 18.8. The summed E-state index contributed by atoms with van der Waals surface area (Å²) in [6.07, 6.45) is 0. The third-order valence-corrected chi connectivity index (χ3v) is 6.91. The molecule has 0 amide bonds. The summed E-state index contributed by atoms with van der Waals surface area (Å²) in [4.78, 5) is 3.54. The van der Waals surface area contributed by atoms with E-state index in [0.717, 1.165) is 0 Å².